The summed E-state index contributed by atoms with van der Waals surface area (Å²) in [6.07, 6.45) is 4.51. The molecule has 43 heavy (non-hydrogen) atoms. The predicted octanol–water partition coefficient (Wildman–Crippen LogP) is 5.74. The number of benzene rings is 3. The van der Waals surface area contributed by atoms with Crippen LogP contribution in [0.5, 0.6) is 0 Å². The molecular formula is C35H39N7O. The van der Waals surface area contributed by atoms with Crippen molar-refractivity contribution in [3.63, 3.8) is 0 Å². The quantitative estimate of drug-likeness (QED) is 0.267. The Hall–Kier alpha value is -4.14. The van der Waals surface area contributed by atoms with Crippen LogP contribution in [-0.2, 0) is 0 Å². The third-order valence-electron chi connectivity index (χ3n) is 9.38. The molecule has 5 aromatic rings. The monoisotopic (exact) mass is 573 g/mol. The van der Waals surface area contributed by atoms with Crippen LogP contribution in [0, 0.1) is 13.8 Å². The van der Waals surface area contributed by atoms with Crippen LogP contribution in [0.1, 0.15) is 77.5 Å². The van der Waals surface area contributed by atoms with Crippen LogP contribution in [-0.4, -0.2) is 61.2 Å². The van der Waals surface area contributed by atoms with Gasteiger partial charge in [-0.25, -0.2) is 4.68 Å². The largest absolute Gasteiger partial charge is 0.322 e. The van der Waals surface area contributed by atoms with Crippen molar-refractivity contribution in [1.29, 1.82) is 0 Å². The zero-order chi connectivity index (χ0) is 29.3. The molecule has 1 N–H and O–H groups in total. The van der Waals surface area contributed by atoms with Crippen molar-refractivity contribution in [3.05, 3.63) is 123 Å². The van der Waals surface area contributed by atoms with E-state index in [2.05, 4.69) is 123 Å². The van der Waals surface area contributed by atoms with E-state index in [0.29, 0.717) is 5.56 Å². The Bertz CT molecular complexity index is 1710. The molecule has 7 rings (SSSR count). The van der Waals surface area contributed by atoms with Crippen LogP contribution in [0.15, 0.2) is 83.7 Å². The highest BCUT2D eigenvalue weighted by molar-refractivity contribution is 5.83. The molecule has 0 unspecified atom stereocenters. The number of aromatic nitrogens is 5. The fourth-order valence-electron chi connectivity index (χ4n) is 7.32. The van der Waals surface area contributed by atoms with Gasteiger partial charge in [0.2, 0.25) is 0 Å². The first-order chi connectivity index (χ1) is 21.1. The summed E-state index contributed by atoms with van der Waals surface area (Å²) in [6.45, 7) is 7.49. The number of H-pyrrole nitrogens is 1. The Morgan fingerprint density at radius 2 is 1.40 bits per heavy atom. The maximum absolute atomic E-state index is 13.8. The molecule has 0 spiro atoms. The standard InChI is InChI=1S/C35H39N7O/c1-24-21-25(2)29-23-30(35(43)36-31(29)22-24)33(34-37-38-39-42(34)28-15-9-10-16-28)41-19-17-40(18-20-41)32(26-11-5-3-6-12-26)27-13-7-4-8-14-27/h3-8,11-14,21-23,28,32-33H,9-10,15-20H2,1-2H3,(H,36,43)/t33-/m1/s1. The Morgan fingerprint density at radius 1 is 0.791 bits per heavy atom. The topological polar surface area (TPSA) is 82.9 Å². The van der Waals surface area contributed by atoms with Gasteiger partial charge < -0.3 is 4.98 Å². The van der Waals surface area contributed by atoms with Crippen molar-refractivity contribution in [2.45, 2.75) is 57.7 Å². The summed E-state index contributed by atoms with van der Waals surface area (Å²) in [7, 11) is 0. The van der Waals surface area contributed by atoms with Crippen LogP contribution in [0.25, 0.3) is 10.9 Å². The second-order valence-corrected chi connectivity index (χ2v) is 12.2. The lowest BCUT2D eigenvalue weighted by atomic mass is 9.95. The van der Waals surface area contributed by atoms with Crippen LogP contribution < -0.4 is 5.56 Å². The number of tetrazole rings is 1. The molecule has 3 heterocycles. The Kier molecular flexibility index (Phi) is 7.63. The third-order valence-corrected chi connectivity index (χ3v) is 9.38. The number of aryl methyl sites for hydroxylation is 2. The van der Waals surface area contributed by atoms with E-state index in [0.717, 1.165) is 66.9 Å². The van der Waals surface area contributed by atoms with Gasteiger partial charge in [0.25, 0.3) is 5.56 Å². The summed E-state index contributed by atoms with van der Waals surface area (Å²) in [5.74, 6) is 0.776. The summed E-state index contributed by atoms with van der Waals surface area (Å²) >= 11 is 0. The molecule has 1 saturated heterocycles. The number of aromatic amines is 1. The summed E-state index contributed by atoms with van der Waals surface area (Å²) in [5.41, 5.74) is 6.39. The Balaban J connectivity index is 1.26. The number of rotatable bonds is 7. The smallest absolute Gasteiger partial charge is 0.253 e. The van der Waals surface area contributed by atoms with Gasteiger partial charge in [0.15, 0.2) is 5.82 Å². The molecule has 8 heteroatoms. The Labute approximate surface area is 252 Å². The van der Waals surface area contributed by atoms with Crippen molar-refractivity contribution in [2.75, 3.05) is 26.2 Å². The molecule has 0 radical (unpaired) electrons. The van der Waals surface area contributed by atoms with E-state index in [9.17, 15) is 4.79 Å². The second-order valence-electron chi connectivity index (χ2n) is 12.2. The molecular weight excluding hydrogens is 534 g/mol. The SMILES string of the molecule is Cc1cc(C)c2cc([C@H](c3nnnn3C3CCCC3)N3CCN(C(c4ccccc4)c4ccccc4)CC3)c(=O)[nH]c2c1. The molecule has 1 atom stereocenters. The number of piperazine rings is 1. The lowest BCUT2D eigenvalue weighted by molar-refractivity contribution is 0.0850. The molecule has 0 amide bonds. The van der Waals surface area contributed by atoms with Gasteiger partial charge in [0.1, 0.15) is 6.04 Å². The fourth-order valence-corrected chi connectivity index (χ4v) is 7.32. The van der Waals surface area contributed by atoms with Gasteiger partial charge in [-0.05, 0) is 71.5 Å². The zero-order valence-electron chi connectivity index (χ0n) is 25.0. The highest BCUT2D eigenvalue weighted by Crippen LogP contribution is 2.36. The predicted molar refractivity (Wildman–Crippen MR) is 169 cm³/mol. The van der Waals surface area contributed by atoms with Crippen LogP contribution in [0.3, 0.4) is 0 Å². The minimum atomic E-state index is -0.335. The lowest BCUT2D eigenvalue weighted by Crippen LogP contribution is -2.50. The maximum Gasteiger partial charge on any atom is 0.253 e. The molecule has 0 bridgehead atoms. The van der Waals surface area contributed by atoms with Gasteiger partial charge in [-0.1, -0.05) is 79.6 Å². The van der Waals surface area contributed by atoms with Crippen molar-refractivity contribution >= 4 is 10.9 Å². The summed E-state index contributed by atoms with van der Waals surface area (Å²) in [4.78, 5) is 22.0. The maximum atomic E-state index is 13.8. The number of pyridine rings is 1. The average Bonchev–Trinajstić information content (AvgIpc) is 3.73. The summed E-state index contributed by atoms with van der Waals surface area (Å²) < 4.78 is 2.02. The van der Waals surface area contributed by atoms with Crippen LogP contribution >= 0.6 is 0 Å². The van der Waals surface area contributed by atoms with Crippen molar-refractivity contribution < 1.29 is 0 Å². The van der Waals surface area contributed by atoms with Crippen molar-refractivity contribution in [2.24, 2.45) is 0 Å². The van der Waals surface area contributed by atoms with Gasteiger partial charge in [-0.2, -0.15) is 0 Å². The molecule has 2 fully saturated rings. The molecule has 2 aliphatic rings. The number of fused-ring (bicyclic) bond motifs is 1. The lowest BCUT2D eigenvalue weighted by Gasteiger charge is -2.42. The molecule has 1 saturated carbocycles. The highest BCUT2D eigenvalue weighted by atomic mass is 16.1. The number of nitrogens with zero attached hydrogens (tertiary/aromatic N) is 6. The van der Waals surface area contributed by atoms with Gasteiger partial charge in [-0.15, -0.1) is 5.10 Å². The van der Waals surface area contributed by atoms with Gasteiger partial charge >= 0.3 is 0 Å². The zero-order valence-corrected chi connectivity index (χ0v) is 25.0. The number of hydrogen-bond acceptors (Lipinski definition) is 6. The summed E-state index contributed by atoms with van der Waals surface area (Å²) in [6, 6.07) is 28.0. The molecule has 1 aliphatic carbocycles. The molecule has 220 valence electrons. The van der Waals surface area contributed by atoms with E-state index in [1.807, 2.05) is 4.68 Å². The van der Waals surface area contributed by atoms with E-state index in [1.54, 1.807) is 0 Å². The Morgan fingerprint density at radius 3 is 2.02 bits per heavy atom. The van der Waals surface area contributed by atoms with E-state index in [1.165, 1.54) is 24.0 Å². The molecule has 8 nitrogen and oxygen atoms in total. The molecule has 3 aromatic carbocycles. The molecule has 1 aliphatic heterocycles. The van der Waals surface area contributed by atoms with Gasteiger partial charge in [0, 0.05) is 42.6 Å². The van der Waals surface area contributed by atoms with Crippen molar-refractivity contribution in [3.8, 4) is 0 Å². The molecule has 2 aromatic heterocycles. The number of nitrogens with one attached hydrogen (secondary N) is 1. The second kappa shape index (κ2) is 11.9. The van der Waals surface area contributed by atoms with E-state index in [-0.39, 0.29) is 23.7 Å². The fraction of sp³-hybridized carbons (Fsp3) is 0.371. The minimum absolute atomic E-state index is 0.0719. The first-order valence-corrected chi connectivity index (χ1v) is 15.6. The van der Waals surface area contributed by atoms with Crippen molar-refractivity contribution in [1.82, 2.24) is 35.0 Å². The normalized spacial score (nSPS) is 17.7. The van der Waals surface area contributed by atoms with E-state index >= 15 is 0 Å². The van der Waals surface area contributed by atoms with Gasteiger partial charge in [-0.3, -0.25) is 14.6 Å². The first kappa shape index (κ1) is 27.7. The highest BCUT2D eigenvalue weighted by Gasteiger charge is 2.36. The minimum Gasteiger partial charge on any atom is -0.322 e. The van der Waals surface area contributed by atoms with Crippen LogP contribution in [0.2, 0.25) is 0 Å². The third kappa shape index (κ3) is 5.41. The average molecular weight is 574 g/mol. The van der Waals surface area contributed by atoms with E-state index < -0.39 is 0 Å². The first-order valence-electron chi connectivity index (χ1n) is 15.6. The van der Waals surface area contributed by atoms with Crippen LogP contribution in [0.4, 0.5) is 0 Å². The number of hydrogen-bond donors (Lipinski definition) is 1. The van der Waals surface area contributed by atoms with Gasteiger partial charge in [0.05, 0.1) is 12.1 Å². The van der Waals surface area contributed by atoms with E-state index in [4.69, 9.17) is 0 Å². The summed E-state index contributed by atoms with van der Waals surface area (Å²) in [5, 5.41) is 14.3.